The minimum atomic E-state index is 0.674. The van der Waals surface area contributed by atoms with Crippen molar-refractivity contribution in [1.29, 1.82) is 0 Å². The lowest BCUT2D eigenvalue weighted by atomic mass is 9.96. The van der Waals surface area contributed by atoms with Gasteiger partial charge in [-0.05, 0) is 55.7 Å². The molecule has 0 unspecified atom stereocenters. The van der Waals surface area contributed by atoms with Gasteiger partial charge in [-0.25, -0.2) is 4.98 Å². The Bertz CT molecular complexity index is 943. The second-order valence-electron chi connectivity index (χ2n) is 8.80. The maximum Gasteiger partial charge on any atom is 0.279 e. The van der Waals surface area contributed by atoms with Gasteiger partial charge in [-0.1, -0.05) is 23.5 Å². The molecule has 2 fully saturated rings. The van der Waals surface area contributed by atoms with Gasteiger partial charge >= 0.3 is 0 Å². The van der Waals surface area contributed by atoms with E-state index in [1.54, 1.807) is 11.3 Å². The summed E-state index contributed by atoms with van der Waals surface area (Å²) in [4.78, 5) is 4.54. The summed E-state index contributed by atoms with van der Waals surface area (Å²) in [6.07, 6.45) is 6.72. The largest absolute Gasteiger partial charge is 0.488 e. The fraction of sp³-hybridized carbons (Fsp3) is 0.480. The predicted octanol–water partition coefficient (Wildman–Crippen LogP) is 5.22. The zero-order chi connectivity index (χ0) is 20.9. The molecular weight excluding hydrogens is 406 g/mol. The molecule has 5 rings (SSSR count). The van der Waals surface area contributed by atoms with Gasteiger partial charge in [0.05, 0.1) is 29.3 Å². The molecule has 0 amide bonds. The normalized spacial score (nSPS) is 19.4. The van der Waals surface area contributed by atoms with E-state index in [9.17, 15) is 0 Å². The maximum absolute atomic E-state index is 6.18. The van der Waals surface area contributed by atoms with Crippen LogP contribution in [0.25, 0.3) is 10.2 Å². The van der Waals surface area contributed by atoms with Crippen molar-refractivity contribution in [3.63, 3.8) is 0 Å². The minimum absolute atomic E-state index is 0.674. The van der Waals surface area contributed by atoms with Crippen molar-refractivity contribution in [3.8, 4) is 16.7 Å². The van der Waals surface area contributed by atoms with Crippen LogP contribution >= 0.6 is 11.3 Å². The number of thiazole rings is 1. The summed E-state index contributed by atoms with van der Waals surface area (Å²) < 4.78 is 14.5. The second-order valence-corrected chi connectivity index (χ2v) is 9.79. The highest BCUT2D eigenvalue weighted by Crippen LogP contribution is 2.32. The Balaban J connectivity index is 1.17. The van der Waals surface area contributed by atoms with Crippen LogP contribution in [-0.2, 0) is 0 Å². The zero-order valence-corrected chi connectivity index (χ0v) is 18.9. The number of nitrogens with one attached hydrogen (secondary N) is 1. The zero-order valence-electron chi connectivity index (χ0n) is 18.1. The van der Waals surface area contributed by atoms with Crippen LogP contribution in [0.15, 0.2) is 48.5 Å². The number of piperidine rings is 2. The van der Waals surface area contributed by atoms with Gasteiger partial charge in [-0.2, -0.15) is 0 Å². The first-order valence-corrected chi connectivity index (χ1v) is 12.5. The van der Waals surface area contributed by atoms with Crippen LogP contribution in [0.4, 0.5) is 0 Å². The molecule has 3 aromatic rings. The van der Waals surface area contributed by atoms with Crippen molar-refractivity contribution in [2.45, 2.75) is 38.1 Å². The van der Waals surface area contributed by atoms with Crippen molar-refractivity contribution in [1.82, 2.24) is 10.3 Å². The van der Waals surface area contributed by atoms with E-state index in [0.717, 1.165) is 40.9 Å². The molecule has 0 bridgehead atoms. The number of benzene rings is 2. The number of likely N-dealkylation sites (tertiary alicyclic amines) is 1. The number of aromatic nitrogens is 1. The van der Waals surface area contributed by atoms with Crippen molar-refractivity contribution < 1.29 is 14.0 Å². The highest BCUT2D eigenvalue weighted by molar-refractivity contribution is 7.20. The second kappa shape index (κ2) is 9.55. The number of hydrogen-bond acceptors (Lipinski definition) is 5. The number of hydrogen-bond donors (Lipinski definition) is 1. The van der Waals surface area contributed by atoms with Crippen LogP contribution in [0.1, 0.15) is 32.1 Å². The van der Waals surface area contributed by atoms with E-state index in [1.165, 1.54) is 62.8 Å². The van der Waals surface area contributed by atoms with Crippen LogP contribution in [0.3, 0.4) is 0 Å². The fourth-order valence-electron chi connectivity index (χ4n) is 5.21. The Labute approximate surface area is 188 Å². The Morgan fingerprint density at radius 3 is 2.45 bits per heavy atom. The van der Waals surface area contributed by atoms with Gasteiger partial charge in [0, 0.05) is 25.9 Å². The van der Waals surface area contributed by atoms with Crippen molar-refractivity contribution in [2.75, 3.05) is 39.3 Å². The summed E-state index contributed by atoms with van der Waals surface area (Å²) in [6, 6.07) is 16.9. The molecule has 2 saturated heterocycles. The Kier molecular flexibility index (Phi) is 6.39. The van der Waals surface area contributed by atoms with E-state index in [2.05, 4.69) is 16.4 Å². The molecule has 3 heterocycles. The van der Waals surface area contributed by atoms with E-state index in [0.29, 0.717) is 5.19 Å². The highest BCUT2D eigenvalue weighted by Gasteiger charge is 2.38. The molecule has 2 aromatic carbocycles. The van der Waals surface area contributed by atoms with Crippen molar-refractivity contribution in [2.24, 2.45) is 0 Å². The van der Waals surface area contributed by atoms with Crippen LogP contribution in [0.2, 0.25) is 0 Å². The van der Waals surface area contributed by atoms with Crippen molar-refractivity contribution in [3.05, 3.63) is 48.5 Å². The molecule has 1 aromatic heterocycles. The molecule has 5 nitrogen and oxygen atoms in total. The number of para-hydroxylation sites is 1. The molecule has 0 spiro atoms. The van der Waals surface area contributed by atoms with Gasteiger partial charge in [0.2, 0.25) is 0 Å². The first-order chi connectivity index (χ1) is 15.3. The molecule has 0 radical (unpaired) electrons. The van der Waals surface area contributed by atoms with Gasteiger partial charge in [0.25, 0.3) is 5.19 Å². The molecule has 164 valence electrons. The van der Waals surface area contributed by atoms with Gasteiger partial charge < -0.3 is 19.3 Å². The summed E-state index contributed by atoms with van der Waals surface area (Å²) in [5.74, 6) is 1.71. The number of ether oxygens (including phenoxy) is 2. The van der Waals surface area contributed by atoms with E-state index in [1.807, 2.05) is 42.5 Å². The molecule has 1 N–H and O–H groups in total. The Morgan fingerprint density at radius 1 is 0.935 bits per heavy atom. The third-order valence-electron chi connectivity index (χ3n) is 6.90. The van der Waals surface area contributed by atoms with Crippen LogP contribution in [0.5, 0.6) is 16.7 Å². The number of nitrogens with zero attached hydrogens (tertiary/aromatic N) is 2. The summed E-state index contributed by atoms with van der Waals surface area (Å²) in [7, 11) is 0. The van der Waals surface area contributed by atoms with Crippen molar-refractivity contribution >= 4 is 21.6 Å². The molecule has 2 aliphatic heterocycles. The fourth-order valence-corrected chi connectivity index (χ4v) is 6.05. The molecule has 31 heavy (non-hydrogen) atoms. The average molecular weight is 439 g/mol. The first-order valence-electron chi connectivity index (χ1n) is 11.6. The monoisotopic (exact) mass is 438 g/mol. The lowest BCUT2D eigenvalue weighted by Gasteiger charge is -2.48. The summed E-state index contributed by atoms with van der Waals surface area (Å²) in [5, 5.41) is 4.20. The molecule has 0 aliphatic carbocycles. The van der Waals surface area contributed by atoms with E-state index >= 15 is 0 Å². The topological polar surface area (TPSA) is 43.4 Å². The van der Waals surface area contributed by atoms with Crippen LogP contribution < -0.4 is 14.8 Å². The van der Waals surface area contributed by atoms with E-state index in [4.69, 9.17) is 9.47 Å². The smallest absolute Gasteiger partial charge is 0.279 e. The first kappa shape index (κ1) is 20.7. The lowest BCUT2D eigenvalue weighted by molar-refractivity contribution is -0.956. The van der Waals surface area contributed by atoms with Crippen LogP contribution in [-0.4, -0.2) is 54.8 Å². The lowest BCUT2D eigenvalue weighted by Crippen LogP contribution is -2.61. The average Bonchev–Trinajstić information content (AvgIpc) is 3.24. The summed E-state index contributed by atoms with van der Waals surface area (Å²) in [6.45, 7) is 6.88. The molecule has 6 heteroatoms. The number of rotatable bonds is 7. The molecule has 0 atom stereocenters. The van der Waals surface area contributed by atoms with Gasteiger partial charge in [0.15, 0.2) is 0 Å². The van der Waals surface area contributed by atoms with Crippen LogP contribution in [0, 0.1) is 0 Å². The van der Waals surface area contributed by atoms with E-state index in [-0.39, 0.29) is 0 Å². The third-order valence-corrected chi connectivity index (χ3v) is 7.81. The van der Waals surface area contributed by atoms with Gasteiger partial charge in [-0.15, -0.1) is 0 Å². The van der Waals surface area contributed by atoms with Gasteiger partial charge in [0.1, 0.15) is 24.7 Å². The minimum Gasteiger partial charge on any atom is -0.488 e. The standard InChI is InChI=1S/C25H32N3O2S/c1-4-16-28(17-5-1,20-12-14-26-15-13-20)18-19-29-21-8-10-22(11-9-21)30-25-27-23-6-2-3-7-24(23)31-25/h2-3,6-11,20,26H,1,4-5,12-19H2/q+1. The number of fused-ring (bicyclic) bond motifs is 1. The maximum atomic E-state index is 6.18. The predicted molar refractivity (Wildman–Crippen MR) is 126 cm³/mol. The van der Waals surface area contributed by atoms with Gasteiger partial charge in [-0.3, -0.25) is 0 Å². The molecular formula is C25H32N3O2S+. The third kappa shape index (κ3) is 4.86. The Morgan fingerprint density at radius 2 is 1.68 bits per heavy atom. The van der Waals surface area contributed by atoms with E-state index < -0.39 is 0 Å². The molecule has 0 saturated carbocycles. The SMILES string of the molecule is c1ccc2sc(Oc3ccc(OCC[N+]4(C5CCNCC5)CCCCC4)cc3)nc2c1. The molecule has 2 aliphatic rings. The quantitative estimate of drug-likeness (QED) is 0.514. The summed E-state index contributed by atoms with van der Waals surface area (Å²) in [5.41, 5.74) is 0.978. The Hall–Kier alpha value is -2.15. The highest BCUT2D eigenvalue weighted by atomic mass is 32.1. The number of quaternary nitrogens is 1. The summed E-state index contributed by atoms with van der Waals surface area (Å²) >= 11 is 1.57.